The lowest BCUT2D eigenvalue weighted by atomic mass is 9.94. The van der Waals surface area contributed by atoms with Crippen molar-refractivity contribution in [3.05, 3.63) is 63.7 Å². The summed E-state index contributed by atoms with van der Waals surface area (Å²) >= 11 is 6.17. The number of nitrogens with zero attached hydrogens (tertiary/aromatic N) is 1. The van der Waals surface area contributed by atoms with Gasteiger partial charge in [0, 0.05) is 23.6 Å². The molecule has 2 aliphatic heterocycles. The van der Waals surface area contributed by atoms with Gasteiger partial charge in [-0.3, -0.25) is 9.59 Å². The van der Waals surface area contributed by atoms with Crippen molar-refractivity contribution in [1.29, 1.82) is 0 Å². The highest BCUT2D eigenvalue weighted by atomic mass is 35.5. The number of benzene rings is 2. The predicted octanol–water partition coefficient (Wildman–Crippen LogP) is 5.17. The lowest BCUT2D eigenvalue weighted by molar-refractivity contribution is -0.117. The number of aryl methyl sites for hydroxylation is 1. The number of Topliss-reactive ketones (excluding diaryl/α,β-unsaturated/α-hetero) is 1. The minimum absolute atomic E-state index is 0. The molecule has 4 rings (SSSR count). The maximum absolute atomic E-state index is 12.7. The molecule has 0 radical (unpaired) electrons. The molecular formula is C25H30Cl2N2O2. The van der Waals surface area contributed by atoms with Crippen molar-refractivity contribution in [3.63, 3.8) is 0 Å². The summed E-state index contributed by atoms with van der Waals surface area (Å²) < 4.78 is 0. The number of amides is 1. The normalized spacial score (nSPS) is 14.4. The highest BCUT2D eigenvalue weighted by Gasteiger charge is 2.32. The van der Waals surface area contributed by atoms with Crippen LogP contribution in [0, 0.1) is 0 Å². The number of carbonyl (C=O) groups excluding carboxylic acids is 2. The molecule has 31 heavy (non-hydrogen) atoms. The Labute approximate surface area is 195 Å². The van der Waals surface area contributed by atoms with Gasteiger partial charge in [0.15, 0.2) is 5.78 Å². The average molecular weight is 461 g/mol. The Morgan fingerprint density at radius 3 is 2.71 bits per heavy atom. The Bertz CT molecular complexity index is 945. The number of nitrogens with one attached hydrogen (secondary N) is 1. The topological polar surface area (TPSA) is 49.4 Å². The summed E-state index contributed by atoms with van der Waals surface area (Å²) in [5.41, 5.74) is 5.28. The number of halogens is 2. The van der Waals surface area contributed by atoms with Crippen LogP contribution in [0.25, 0.3) is 0 Å². The standard InChI is InChI=1S/C25H29ClN2O2.ClH/c26-22-9-4-3-7-18(22)11-13-27-12-5-1-2-10-23(29)20-15-19-8-6-14-28-24(30)17-21(16-20)25(19)28;/h3-4,7,9,15-16,27H,1-2,5-6,8,10-14,17H2;1H. The van der Waals surface area contributed by atoms with Crippen LogP contribution in [0.1, 0.15) is 59.2 Å². The predicted molar refractivity (Wildman–Crippen MR) is 129 cm³/mol. The molecule has 1 N–H and O–H groups in total. The van der Waals surface area contributed by atoms with Crippen molar-refractivity contribution in [2.75, 3.05) is 24.5 Å². The van der Waals surface area contributed by atoms with Gasteiger partial charge < -0.3 is 10.2 Å². The van der Waals surface area contributed by atoms with Gasteiger partial charge in [-0.25, -0.2) is 0 Å². The van der Waals surface area contributed by atoms with Crippen LogP contribution in [0.3, 0.4) is 0 Å². The third-order valence-electron chi connectivity index (χ3n) is 6.12. The molecule has 0 saturated heterocycles. The van der Waals surface area contributed by atoms with E-state index in [1.807, 2.05) is 35.2 Å². The number of ketones is 1. The van der Waals surface area contributed by atoms with E-state index in [1.54, 1.807) is 0 Å². The monoisotopic (exact) mass is 460 g/mol. The largest absolute Gasteiger partial charge is 0.316 e. The van der Waals surface area contributed by atoms with E-state index in [2.05, 4.69) is 11.4 Å². The fourth-order valence-corrected chi connectivity index (χ4v) is 4.78. The molecule has 6 heteroatoms. The van der Waals surface area contributed by atoms with Gasteiger partial charge in [-0.15, -0.1) is 12.4 Å². The molecule has 166 valence electrons. The summed E-state index contributed by atoms with van der Waals surface area (Å²) in [6.07, 6.45) is 6.91. The molecule has 2 aromatic rings. The van der Waals surface area contributed by atoms with Crippen molar-refractivity contribution < 1.29 is 9.59 Å². The van der Waals surface area contributed by atoms with Gasteiger partial charge >= 0.3 is 0 Å². The third-order valence-corrected chi connectivity index (χ3v) is 6.49. The highest BCUT2D eigenvalue weighted by Crippen LogP contribution is 2.37. The van der Waals surface area contributed by atoms with Gasteiger partial charge in [-0.1, -0.05) is 36.2 Å². The second kappa shape index (κ2) is 11.1. The number of hydrogen-bond donors (Lipinski definition) is 1. The summed E-state index contributed by atoms with van der Waals surface area (Å²) in [5.74, 6) is 0.384. The molecule has 0 fully saturated rings. The summed E-state index contributed by atoms with van der Waals surface area (Å²) in [6, 6.07) is 12.0. The fourth-order valence-electron chi connectivity index (χ4n) is 4.55. The van der Waals surface area contributed by atoms with Gasteiger partial charge in [0.05, 0.1) is 12.1 Å². The molecular weight excluding hydrogens is 431 g/mol. The molecule has 0 atom stereocenters. The van der Waals surface area contributed by atoms with E-state index < -0.39 is 0 Å². The van der Waals surface area contributed by atoms with E-state index in [-0.39, 0.29) is 24.1 Å². The van der Waals surface area contributed by atoms with E-state index in [4.69, 9.17) is 11.6 Å². The van der Waals surface area contributed by atoms with E-state index in [9.17, 15) is 9.59 Å². The van der Waals surface area contributed by atoms with E-state index in [1.165, 1.54) is 11.1 Å². The van der Waals surface area contributed by atoms with Crippen LogP contribution in [-0.2, 0) is 24.1 Å². The quantitative estimate of drug-likeness (QED) is 0.392. The second-order valence-electron chi connectivity index (χ2n) is 8.29. The Hall–Kier alpha value is -1.88. The minimum Gasteiger partial charge on any atom is -0.316 e. The van der Waals surface area contributed by atoms with E-state index in [0.717, 1.165) is 80.0 Å². The number of hydrogen-bond acceptors (Lipinski definition) is 3. The number of unbranched alkanes of at least 4 members (excludes halogenated alkanes) is 2. The van der Waals surface area contributed by atoms with Crippen LogP contribution in [0.2, 0.25) is 5.02 Å². The Morgan fingerprint density at radius 1 is 1.06 bits per heavy atom. The van der Waals surface area contributed by atoms with Crippen molar-refractivity contribution >= 4 is 41.4 Å². The van der Waals surface area contributed by atoms with Gasteiger partial charge in [-0.2, -0.15) is 0 Å². The van der Waals surface area contributed by atoms with Crippen LogP contribution in [0.5, 0.6) is 0 Å². The summed E-state index contributed by atoms with van der Waals surface area (Å²) in [5, 5.41) is 4.29. The maximum Gasteiger partial charge on any atom is 0.231 e. The van der Waals surface area contributed by atoms with E-state index in [0.29, 0.717) is 12.8 Å². The Morgan fingerprint density at radius 2 is 1.87 bits per heavy atom. The summed E-state index contributed by atoms with van der Waals surface area (Å²) in [4.78, 5) is 26.8. The number of carbonyl (C=O) groups is 2. The van der Waals surface area contributed by atoms with Crippen LogP contribution in [0.15, 0.2) is 36.4 Å². The number of anilines is 1. The number of rotatable bonds is 10. The fraction of sp³-hybridized carbons (Fsp3) is 0.440. The first-order valence-electron chi connectivity index (χ1n) is 11.1. The summed E-state index contributed by atoms with van der Waals surface area (Å²) in [7, 11) is 0. The smallest absolute Gasteiger partial charge is 0.231 e. The van der Waals surface area contributed by atoms with Crippen LogP contribution < -0.4 is 10.2 Å². The lowest BCUT2D eigenvalue weighted by Crippen LogP contribution is -2.31. The molecule has 2 aliphatic rings. The molecule has 0 bridgehead atoms. The second-order valence-corrected chi connectivity index (χ2v) is 8.70. The first-order valence-corrected chi connectivity index (χ1v) is 11.4. The first kappa shape index (κ1) is 23.8. The zero-order valence-corrected chi connectivity index (χ0v) is 19.4. The summed E-state index contributed by atoms with van der Waals surface area (Å²) in [6.45, 7) is 2.69. The molecule has 1 amide bonds. The SMILES string of the molecule is Cl.O=C(CCCCCNCCc1ccccc1Cl)c1cc2c3c(c1)CC(=O)N3CCC2. The Balaban J connectivity index is 0.00000272. The molecule has 4 nitrogen and oxygen atoms in total. The lowest BCUT2D eigenvalue weighted by Gasteiger charge is -2.25. The van der Waals surface area contributed by atoms with Crippen LogP contribution >= 0.6 is 24.0 Å². The molecule has 0 spiro atoms. The molecule has 0 aromatic heterocycles. The maximum atomic E-state index is 12.7. The van der Waals surface area contributed by atoms with Crippen molar-refractivity contribution in [3.8, 4) is 0 Å². The molecule has 2 aromatic carbocycles. The average Bonchev–Trinajstić information content (AvgIpc) is 3.08. The van der Waals surface area contributed by atoms with Crippen molar-refractivity contribution in [2.24, 2.45) is 0 Å². The van der Waals surface area contributed by atoms with Crippen LogP contribution in [-0.4, -0.2) is 31.3 Å². The molecule has 0 unspecified atom stereocenters. The molecule has 2 heterocycles. The van der Waals surface area contributed by atoms with Crippen LogP contribution in [0.4, 0.5) is 5.69 Å². The zero-order valence-electron chi connectivity index (χ0n) is 17.8. The Kier molecular flexibility index (Phi) is 8.53. The zero-order chi connectivity index (χ0) is 20.9. The molecule has 0 saturated carbocycles. The minimum atomic E-state index is 0. The first-order chi connectivity index (χ1) is 14.6. The van der Waals surface area contributed by atoms with Gasteiger partial charge in [0.25, 0.3) is 0 Å². The van der Waals surface area contributed by atoms with Gasteiger partial charge in [0.1, 0.15) is 0 Å². The highest BCUT2D eigenvalue weighted by molar-refractivity contribution is 6.31. The van der Waals surface area contributed by atoms with Crippen molar-refractivity contribution in [2.45, 2.75) is 51.4 Å². The molecule has 0 aliphatic carbocycles. The van der Waals surface area contributed by atoms with Crippen molar-refractivity contribution in [1.82, 2.24) is 5.32 Å². The van der Waals surface area contributed by atoms with Gasteiger partial charge in [0.2, 0.25) is 5.91 Å². The van der Waals surface area contributed by atoms with E-state index >= 15 is 0 Å². The third kappa shape index (κ3) is 5.68. The van der Waals surface area contributed by atoms with Gasteiger partial charge in [-0.05, 0) is 80.1 Å².